The van der Waals surface area contributed by atoms with Crippen LogP contribution >= 0.6 is 11.8 Å². The van der Waals surface area contributed by atoms with Crippen LogP contribution in [0.5, 0.6) is 17.2 Å². The van der Waals surface area contributed by atoms with Crippen molar-refractivity contribution in [2.45, 2.75) is 49.1 Å². The lowest BCUT2D eigenvalue weighted by molar-refractivity contribution is -0.687. The molecule has 0 radical (unpaired) electrons. The van der Waals surface area contributed by atoms with Crippen LogP contribution in [0.25, 0.3) is 10.8 Å². The van der Waals surface area contributed by atoms with E-state index in [1.165, 1.54) is 37.1 Å². The highest BCUT2D eigenvalue weighted by Gasteiger charge is 2.47. The van der Waals surface area contributed by atoms with Gasteiger partial charge in [0.1, 0.15) is 23.6 Å². The number of methoxy groups -OCH3 is 3. The van der Waals surface area contributed by atoms with Gasteiger partial charge in [-0.25, -0.2) is 32.8 Å². The summed E-state index contributed by atoms with van der Waals surface area (Å²) in [5.74, 6) is -5.78. The van der Waals surface area contributed by atoms with Crippen LogP contribution in [-0.2, 0) is 81.8 Å². The first-order chi connectivity index (χ1) is 50.9. The fourth-order valence-corrected chi connectivity index (χ4v) is 14.5. The van der Waals surface area contributed by atoms with Gasteiger partial charge in [0.15, 0.2) is 55.4 Å². The highest BCUT2D eigenvalue weighted by molar-refractivity contribution is 8.05. The van der Waals surface area contributed by atoms with Gasteiger partial charge in [-0.15, -0.1) is 11.8 Å². The molecule has 1 saturated heterocycles. The third-order valence-corrected chi connectivity index (χ3v) is 19.7. The lowest BCUT2D eigenvalue weighted by atomic mass is 9.77. The average molecular weight is 1450 g/mol. The van der Waals surface area contributed by atoms with E-state index < -0.39 is 95.0 Å². The summed E-state index contributed by atoms with van der Waals surface area (Å²) >= 11 is 1.50. The zero-order valence-corrected chi connectivity index (χ0v) is 58.7. The van der Waals surface area contributed by atoms with Crippen LogP contribution in [0.15, 0.2) is 268 Å². The molecule has 24 heteroatoms. The first-order valence-corrected chi connectivity index (χ1v) is 35.6. The van der Waals surface area contributed by atoms with Gasteiger partial charge in [-0.2, -0.15) is 0 Å². The van der Waals surface area contributed by atoms with E-state index in [-0.39, 0.29) is 73.8 Å². The highest BCUT2D eigenvalue weighted by atomic mass is 32.2. The fourth-order valence-electron chi connectivity index (χ4n) is 12.0. The number of carbonyl (C=O) groups excluding carboxylic acids is 4. The molecule has 3 aliphatic heterocycles. The molecule has 534 valence electrons. The first kappa shape index (κ1) is 73.1. The van der Waals surface area contributed by atoms with Crippen molar-refractivity contribution in [2.75, 3.05) is 67.1 Å². The maximum atomic E-state index is 18.0. The van der Waals surface area contributed by atoms with Crippen molar-refractivity contribution < 1.29 is 80.0 Å². The van der Waals surface area contributed by atoms with Crippen molar-refractivity contribution in [2.24, 2.45) is 9.52 Å². The molecule has 0 spiro atoms. The van der Waals surface area contributed by atoms with Crippen LogP contribution in [0.4, 0.5) is 8.78 Å². The minimum Gasteiger partial charge on any atom is -0.497 e. The molecule has 3 aliphatic rings. The van der Waals surface area contributed by atoms with Gasteiger partial charge in [-0.1, -0.05) is 187 Å². The number of hydrogen-bond donors (Lipinski definition) is 2. The van der Waals surface area contributed by atoms with E-state index in [4.69, 9.17) is 57.0 Å². The number of halogens is 2. The zero-order chi connectivity index (χ0) is 72.2. The summed E-state index contributed by atoms with van der Waals surface area (Å²) in [5, 5.41) is 10.1. The number of carbonyl (C=O) groups is 4. The normalized spacial score (nSPS) is 15.4. The quantitative estimate of drug-likeness (QED) is 0.00743. The van der Waals surface area contributed by atoms with Gasteiger partial charge in [-0.3, -0.25) is 14.5 Å². The molecular formula is C80H75F2N6O14S2+. The second kappa shape index (κ2) is 35.5. The number of nitrogens with one attached hydrogen (secondary N) is 2. The van der Waals surface area contributed by atoms with Gasteiger partial charge in [0, 0.05) is 70.4 Å². The molecule has 4 heterocycles. The molecule has 2 N–H and O–H groups in total. The molecule has 1 aromatic heterocycles. The van der Waals surface area contributed by atoms with Gasteiger partial charge in [0.2, 0.25) is 29.4 Å². The van der Waals surface area contributed by atoms with E-state index in [0.29, 0.717) is 39.3 Å². The summed E-state index contributed by atoms with van der Waals surface area (Å²) in [6.07, 6.45) is 1.91. The Morgan fingerprint density at radius 1 is 0.721 bits per heavy atom. The lowest BCUT2D eigenvalue weighted by Crippen LogP contribution is -2.54. The summed E-state index contributed by atoms with van der Waals surface area (Å²) in [4.78, 5) is 71.7. The number of ether oxygens (including phenoxy) is 9. The second-order valence-electron chi connectivity index (χ2n) is 23.9. The first-order valence-electron chi connectivity index (χ1n) is 33.3. The maximum Gasteiger partial charge on any atom is 0.355 e. The number of benzene rings is 8. The van der Waals surface area contributed by atoms with Crippen molar-refractivity contribution in [3.63, 3.8) is 0 Å². The Bertz CT molecular complexity index is 4520. The second-order valence-corrected chi connectivity index (χ2v) is 26.5. The van der Waals surface area contributed by atoms with Gasteiger partial charge in [-0.05, 0) is 63.0 Å². The molecule has 2 amide bonds. The molecule has 8 aromatic carbocycles. The number of amides is 2. The molecule has 104 heavy (non-hydrogen) atoms. The summed E-state index contributed by atoms with van der Waals surface area (Å²) < 4.78 is 92.2. The summed E-state index contributed by atoms with van der Waals surface area (Å²) in [7, 11) is 2.74. The smallest absolute Gasteiger partial charge is 0.355 e. The van der Waals surface area contributed by atoms with Gasteiger partial charge in [0.05, 0.1) is 57.4 Å². The average Bonchev–Trinajstić information content (AvgIpc) is 1.04. The predicted molar refractivity (Wildman–Crippen MR) is 388 cm³/mol. The Balaban J connectivity index is 0.963. The molecule has 3 unspecified atom stereocenters. The van der Waals surface area contributed by atoms with Crippen LogP contribution in [-0.4, -0.2) is 106 Å². The van der Waals surface area contributed by atoms with Crippen LogP contribution in [0.2, 0.25) is 0 Å². The largest absolute Gasteiger partial charge is 0.497 e. The number of fused-ring (bicyclic) bond motifs is 2. The molecule has 0 bridgehead atoms. The number of pyridine rings is 1. The number of amidine groups is 1. The van der Waals surface area contributed by atoms with Crippen LogP contribution < -0.4 is 29.4 Å². The Labute approximate surface area is 606 Å². The van der Waals surface area contributed by atoms with E-state index in [1.54, 1.807) is 97.4 Å². The number of thioether (sulfide) groups is 1. The Kier molecular flexibility index (Phi) is 24.9. The van der Waals surface area contributed by atoms with E-state index in [2.05, 4.69) is 10.6 Å². The van der Waals surface area contributed by atoms with E-state index in [1.807, 2.05) is 138 Å². The minimum atomic E-state index is -2.21. The highest BCUT2D eigenvalue weighted by Crippen LogP contribution is 2.44. The number of rotatable bonds is 33. The fraction of sp³-hybridized carbons (Fsp3) is 0.225. The number of esters is 2. The zero-order valence-electron chi connectivity index (χ0n) is 57.1. The van der Waals surface area contributed by atoms with Gasteiger partial charge >= 0.3 is 11.9 Å². The standard InChI is InChI=1S/C80H74F2N6O14S2/c1-93-39-41-96-52-99-75-67(81)44-65(71(82)76(75)100-53-97-42-40-94-2)74(78(92)101-73(56-22-9-4-10-23-56)57-24-11-5-12-25-57)102-86-104-51-63(84-79(104)85-80(60-27-13-6-14-28-60,61-29-15-7-16-30-61)62-31-17-8-18-32-62)43-68(89)83-46-59(48-87-38-37-55-21-19-20-26-58(55)47-87)66-50-103-70-45-69(90)88(70)72(66)77(91)98-49-54-33-35-64(95-3)36-34-54/h4-38,44,46-47,51,70,73-74H,39-43,45,48-50,52-53H2,1-3H3,(H-,83,84,85,89,91)/p+1. The topological polar surface area (TPSA) is 216 Å². The van der Waals surface area contributed by atoms with Gasteiger partial charge < -0.3 is 53.3 Å². The van der Waals surface area contributed by atoms with Crippen LogP contribution in [0, 0.1) is 11.6 Å². The third kappa shape index (κ3) is 17.5. The Morgan fingerprint density at radius 2 is 1.30 bits per heavy atom. The van der Waals surface area contributed by atoms with Crippen LogP contribution in [0.1, 0.15) is 64.0 Å². The SMILES string of the molecule is COCCOCOc1c(F)cc(C(ON=S2C=C(CC(=O)NC=C(C[n+]3ccc4ccccc4c3)C3=C(C(=O)OCc4ccc(OC)cc4)N4C(=O)CC4SC3)N=C2NC(c2ccccc2)(c2ccccc2)c2ccccc2)C(=O)OC(c2ccccc2)c2ccccc2)c(F)c1OCOCCOC. The predicted octanol–water partition coefficient (Wildman–Crippen LogP) is 12.7. The number of aliphatic imine (C=N–C) groups is 1. The van der Waals surface area contributed by atoms with Crippen molar-refractivity contribution in [1.82, 2.24) is 15.5 Å². The van der Waals surface area contributed by atoms with E-state index >= 15 is 13.6 Å². The van der Waals surface area contributed by atoms with Crippen molar-refractivity contribution in [1.29, 1.82) is 0 Å². The van der Waals surface area contributed by atoms with E-state index in [9.17, 15) is 14.4 Å². The number of hydrogen-bond acceptors (Lipinski definition) is 18. The molecule has 20 nitrogen and oxygen atoms in total. The molecule has 0 aliphatic carbocycles. The summed E-state index contributed by atoms with van der Waals surface area (Å²) in [6.45, 7) is -0.742. The van der Waals surface area contributed by atoms with Gasteiger partial charge in [0.25, 0.3) is 0 Å². The van der Waals surface area contributed by atoms with Crippen molar-refractivity contribution in [3.8, 4) is 17.2 Å². The summed E-state index contributed by atoms with van der Waals surface area (Å²) in [6, 6.07) is 64.2. The molecule has 12 rings (SSSR count). The van der Waals surface area contributed by atoms with Crippen molar-refractivity contribution in [3.05, 3.63) is 309 Å². The molecule has 3 atom stereocenters. The minimum absolute atomic E-state index is 0.0142. The number of allylic oxidation sites excluding steroid dienone is 1. The third-order valence-electron chi connectivity index (χ3n) is 17.2. The maximum absolute atomic E-state index is 18.0. The molecular weight excluding hydrogens is 1370 g/mol. The number of β-lactam (4-membered cyclic amide) rings is 1. The summed E-state index contributed by atoms with van der Waals surface area (Å²) in [5.41, 5.74) is 3.32. The van der Waals surface area contributed by atoms with Crippen molar-refractivity contribution >= 4 is 62.1 Å². The number of aromatic nitrogens is 1. The monoisotopic (exact) mass is 1450 g/mol. The molecule has 0 saturated carbocycles. The Morgan fingerprint density at radius 3 is 1.88 bits per heavy atom. The van der Waals surface area contributed by atoms with E-state index in [0.717, 1.165) is 33.5 Å². The lowest BCUT2D eigenvalue weighted by Gasteiger charge is -2.44. The molecule has 1 fully saturated rings. The van der Waals surface area contributed by atoms with Crippen LogP contribution in [0.3, 0.4) is 0 Å². The number of nitrogens with zero attached hydrogens (tertiary/aromatic N) is 4. The Hall–Kier alpha value is -10.7. The molecule has 9 aromatic rings.